The van der Waals surface area contributed by atoms with Gasteiger partial charge >= 0.3 is 0 Å². The summed E-state index contributed by atoms with van der Waals surface area (Å²) in [5.41, 5.74) is 0.0307. The Hall–Kier alpha value is -2.89. The molecule has 3 nitrogen and oxygen atoms in total. The van der Waals surface area contributed by atoms with Gasteiger partial charge in [0.1, 0.15) is 11.3 Å². The van der Waals surface area contributed by atoms with E-state index < -0.39 is 30.0 Å². The molecule has 3 aromatic rings. The first-order chi connectivity index (χ1) is 12.9. The molecule has 1 unspecified atom stereocenters. The molecule has 0 radical (unpaired) electrons. The van der Waals surface area contributed by atoms with E-state index in [4.69, 9.17) is 0 Å². The van der Waals surface area contributed by atoms with Gasteiger partial charge in [-0.25, -0.2) is 13.2 Å². The fourth-order valence-electron chi connectivity index (χ4n) is 3.11. The van der Waals surface area contributed by atoms with Crippen LogP contribution in [-0.2, 0) is 11.2 Å². The average molecular weight is 372 g/mol. The third-order valence-corrected chi connectivity index (χ3v) is 4.51. The highest BCUT2D eigenvalue weighted by Gasteiger charge is 2.36. The molecule has 27 heavy (non-hydrogen) atoms. The lowest BCUT2D eigenvalue weighted by Crippen LogP contribution is -2.37. The number of carbonyl (C=O) groups is 1. The maximum atomic E-state index is 13.7. The number of halogens is 3. The molecule has 0 aliphatic carbocycles. The summed E-state index contributed by atoms with van der Waals surface area (Å²) in [6.45, 7) is 1.52. The number of para-hydroxylation sites is 1. The van der Waals surface area contributed by atoms with Crippen molar-refractivity contribution in [3.8, 4) is 0 Å². The number of amides is 1. The van der Waals surface area contributed by atoms with E-state index in [1.165, 1.54) is 19.2 Å². The van der Waals surface area contributed by atoms with Crippen molar-refractivity contribution < 1.29 is 18.0 Å². The third kappa shape index (κ3) is 4.45. The van der Waals surface area contributed by atoms with Crippen molar-refractivity contribution in [2.75, 3.05) is 5.32 Å². The average Bonchev–Trinajstić information content (AvgIpc) is 2.62. The first-order valence-electron chi connectivity index (χ1n) is 8.55. The number of nitrogens with one attached hydrogen (secondary N) is 1. The Bertz CT molecular complexity index is 947. The van der Waals surface area contributed by atoms with Crippen LogP contribution < -0.4 is 5.32 Å². The quantitative estimate of drug-likeness (QED) is 0.645. The summed E-state index contributed by atoms with van der Waals surface area (Å²) >= 11 is 0. The van der Waals surface area contributed by atoms with E-state index in [9.17, 15) is 18.0 Å². The minimum absolute atomic E-state index is 0.180. The van der Waals surface area contributed by atoms with Gasteiger partial charge in [0.05, 0.1) is 17.3 Å². The topological polar surface area (TPSA) is 42.0 Å². The number of nitrogens with zero attached hydrogens (tertiary/aromatic N) is 1. The molecule has 0 saturated heterocycles. The molecule has 0 spiro atoms. The number of hydrogen-bond donors (Lipinski definition) is 1. The molecule has 2 aromatic carbocycles. The zero-order chi connectivity index (χ0) is 19.4. The van der Waals surface area contributed by atoms with Gasteiger partial charge in [0.15, 0.2) is 0 Å². The summed E-state index contributed by atoms with van der Waals surface area (Å²) in [5.74, 6) is -0.985. The fraction of sp³-hybridized carbons (Fsp3) is 0.238. The standard InChI is InChI=1S/C21H19F3N2O/c1-21(12-18(23)24,11-14-6-3-2-4-7-14)20(27)26-16-10-15-8-5-9-17(22)19(15)25-13-16/h2-10,13,18H,11-12H2,1H3,(H,26,27). The lowest BCUT2D eigenvalue weighted by molar-refractivity contribution is -0.127. The number of fused-ring (bicyclic) bond motifs is 1. The highest BCUT2D eigenvalue weighted by Crippen LogP contribution is 2.32. The molecule has 0 bridgehead atoms. The van der Waals surface area contributed by atoms with Gasteiger partial charge in [0.2, 0.25) is 12.3 Å². The first kappa shape index (κ1) is 18.9. The zero-order valence-electron chi connectivity index (χ0n) is 14.8. The molecule has 6 heteroatoms. The number of aromatic nitrogens is 1. The summed E-state index contributed by atoms with van der Waals surface area (Å²) in [4.78, 5) is 16.9. The summed E-state index contributed by atoms with van der Waals surface area (Å²) < 4.78 is 40.0. The van der Waals surface area contributed by atoms with E-state index in [0.29, 0.717) is 11.1 Å². The van der Waals surface area contributed by atoms with Gasteiger partial charge in [0.25, 0.3) is 0 Å². The van der Waals surface area contributed by atoms with Crippen LogP contribution >= 0.6 is 0 Å². The van der Waals surface area contributed by atoms with E-state index in [1.807, 2.05) is 6.07 Å². The number of anilines is 1. The second-order valence-corrected chi connectivity index (χ2v) is 6.81. The van der Waals surface area contributed by atoms with Crippen LogP contribution in [0.5, 0.6) is 0 Å². The van der Waals surface area contributed by atoms with Crippen LogP contribution in [0.2, 0.25) is 0 Å². The van der Waals surface area contributed by atoms with Crippen molar-refractivity contribution in [2.24, 2.45) is 5.41 Å². The minimum atomic E-state index is -2.62. The fourth-order valence-corrected chi connectivity index (χ4v) is 3.11. The van der Waals surface area contributed by atoms with Crippen molar-refractivity contribution in [1.82, 2.24) is 4.98 Å². The van der Waals surface area contributed by atoms with Crippen molar-refractivity contribution in [2.45, 2.75) is 26.2 Å². The number of carbonyl (C=O) groups excluding carboxylic acids is 1. The number of alkyl halides is 2. The Morgan fingerprint density at radius 2 is 1.89 bits per heavy atom. The smallest absolute Gasteiger partial charge is 0.239 e. The Balaban J connectivity index is 1.85. The summed E-state index contributed by atoms with van der Waals surface area (Å²) in [6, 6.07) is 15.1. The van der Waals surface area contributed by atoms with Gasteiger partial charge in [0, 0.05) is 11.8 Å². The molecule has 1 atom stereocenters. The lowest BCUT2D eigenvalue weighted by Gasteiger charge is -2.28. The maximum Gasteiger partial charge on any atom is 0.239 e. The predicted molar refractivity (Wildman–Crippen MR) is 99.2 cm³/mol. The molecule has 1 N–H and O–H groups in total. The number of rotatable bonds is 6. The minimum Gasteiger partial charge on any atom is -0.324 e. The van der Waals surface area contributed by atoms with Crippen molar-refractivity contribution in [1.29, 1.82) is 0 Å². The van der Waals surface area contributed by atoms with E-state index in [-0.39, 0.29) is 11.9 Å². The summed E-state index contributed by atoms with van der Waals surface area (Å²) in [5, 5.41) is 3.18. The van der Waals surface area contributed by atoms with E-state index in [0.717, 1.165) is 5.56 Å². The lowest BCUT2D eigenvalue weighted by atomic mass is 9.79. The Kier molecular flexibility index (Phi) is 5.44. The second kappa shape index (κ2) is 7.78. The van der Waals surface area contributed by atoms with Crippen LogP contribution in [0.25, 0.3) is 10.9 Å². The van der Waals surface area contributed by atoms with E-state index >= 15 is 0 Å². The number of pyridine rings is 1. The first-order valence-corrected chi connectivity index (χ1v) is 8.55. The number of hydrogen-bond acceptors (Lipinski definition) is 2. The summed E-state index contributed by atoms with van der Waals surface area (Å²) in [7, 11) is 0. The predicted octanol–water partition coefficient (Wildman–Crippen LogP) is 5.22. The maximum absolute atomic E-state index is 13.7. The molecule has 0 aliphatic heterocycles. The van der Waals surface area contributed by atoms with Gasteiger partial charge in [-0.15, -0.1) is 0 Å². The summed E-state index contributed by atoms with van der Waals surface area (Å²) in [6.07, 6.45) is -1.68. The van der Waals surface area contributed by atoms with Gasteiger partial charge in [-0.05, 0) is 24.1 Å². The highest BCUT2D eigenvalue weighted by atomic mass is 19.3. The van der Waals surface area contributed by atoms with Crippen LogP contribution in [0.1, 0.15) is 18.9 Å². The molecule has 3 rings (SSSR count). The Morgan fingerprint density at radius 1 is 1.15 bits per heavy atom. The Labute approximate surface area is 155 Å². The SMILES string of the molecule is CC(Cc1ccccc1)(CC(F)F)C(=O)Nc1cnc2c(F)cccc2c1. The molecule has 1 aromatic heterocycles. The van der Waals surface area contributed by atoms with Crippen LogP contribution in [0.15, 0.2) is 60.8 Å². The number of benzene rings is 2. The monoisotopic (exact) mass is 372 g/mol. The molecule has 140 valence electrons. The van der Waals surface area contributed by atoms with Crippen molar-refractivity contribution in [3.05, 3.63) is 72.2 Å². The van der Waals surface area contributed by atoms with Crippen molar-refractivity contribution >= 4 is 22.5 Å². The molecule has 1 heterocycles. The van der Waals surface area contributed by atoms with Gasteiger partial charge in [-0.3, -0.25) is 9.78 Å². The Morgan fingerprint density at radius 3 is 2.59 bits per heavy atom. The zero-order valence-corrected chi connectivity index (χ0v) is 14.8. The largest absolute Gasteiger partial charge is 0.324 e. The van der Waals surface area contributed by atoms with E-state index in [1.54, 1.807) is 42.5 Å². The van der Waals surface area contributed by atoms with Gasteiger partial charge < -0.3 is 5.32 Å². The molecular weight excluding hydrogens is 353 g/mol. The highest BCUT2D eigenvalue weighted by molar-refractivity contribution is 5.96. The third-order valence-electron chi connectivity index (χ3n) is 4.51. The van der Waals surface area contributed by atoms with Gasteiger partial charge in [-0.2, -0.15) is 0 Å². The molecule has 1 amide bonds. The van der Waals surface area contributed by atoms with Crippen LogP contribution in [0.3, 0.4) is 0 Å². The van der Waals surface area contributed by atoms with Crippen molar-refractivity contribution in [3.63, 3.8) is 0 Å². The van der Waals surface area contributed by atoms with E-state index in [2.05, 4.69) is 10.3 Å². The van der Waals surface area contributed by atoms with Crippen LogP contribution in [-0.4, -0.2) is 17.3 Å². The van der Waals surface area contributed by atoms with Gasteiger partial charge in [-0.1, -0.05) is 49.4 Å². The van der Waals surface area contributed by atoms with Crippen LogP contribution in [0, 0.1) is 11.2 Å². The molecule has 0 fully saturated rings. The van der Waals surface area contributed by atoms with Crippen LogP contribution in [0.4, 0.5) is 18.9 Å². The molecule has 0 saturated carbocycles. The second-order valence-electron chi connectivity index (χ2n) is 6.81. The normalized spacial score (nSPS) is 13.5. The molecular formula is C21H19F3N2O. The molecule has 0 aliphatic rings.